The van der Waals surface area contributed by atoms with Crippen LogP contribution in [0.1, 0.15) is 30.7 Å². The number of hydrogen-bond donors (Lipinski definition) is 1. The van der Waals surface area contributed by atoms with Gasteiger partial charge in [0.2, 0.25) is 0 Å². The van der Waals surface area contributed by atoms with Crippen LogP contribution in [0.15, 0.2) is 24.3 Å². The Labute approximate surface area is 127 Å². The minimum absolute atomic E-state index is 0.855. The molecule has 1 heterocycles. The topological polar surface area (TPSA) is 33.1 Å². The molecule has 0 atom stereocenters. The lowest BCUT2D eigenvalue weighted by Crippen LogP contribution is -2.23. The minimum atomic E-state index is 0.855. The molecule has 1 aromatic heterocycles. The number of rotatable bonds is 6. The van der Waals surface area contributed by atoms with Crippen molar-refractivity contribution < 1.29 is 0 Å². The van der Waals surface area contributed by atoms with Gasteiger partial charge in [0.15, 0.2) is 0 Å². The molecule has 0 radical (unpaired) electrons. The fraction of sp³-hybridized carbons (Fsp3) is 0.471. The second-order valence-electron chi connectivity index (χ2n) is 5.32. The summed E-state index contributed by atoms with van der Waals surface area (Å²) in [4.78, 5) is 2.35. The highest BCUT2D eigenvalue weighted by atomic mass is 15.4. The first-order valence-electron chi connectivity index (χ1n) is 7.66. The van der Waals surface area contributed by atoms with E-state index in [0.717, 1.165) is 25.3 Å². The fourth-order valence-electron chi connectivity index (χ4n) is 2.78. The van der Waals surface area contributed by atoms with Gasteiger partial charge in [0.25, 0.3) is 0 Å². The average Bonchev–Trinajstić information content (AvgIpc) is 2.74. The van der Waals surface area contributed by atoms with Gasteiger partial charge in [-0.1, -0.05) is 25.1 Å². The van der Waals surface area contributed by atoms with Crippen molar-refractivity contribution in [2.45, 2.75) is 34.2 Å². The van der Waals surface area contributed by atoms with Gasteiger partial charge in [-0.2, -0.15) is 5.10 Å². The summed E-state index contributed by atoms with van der Waals surface area (Å²) >= 11 is 0. The van der Waals surface area contributed by atoms with E-state index in [2.05, 4.69) is 67.3 Å². The summed E-state index contributed by atoms with van der Waals surface area (Å²) in [5, 5.41) is 8.05. The van der Waals surface area contributed by atoms with Crippen LogP contribution in [0, 0.1) is 13.8 Å². The van der Waals surface area contributed by atoms with Gasteiger partial charge < -0.3 is 10.2 Å². The van der Waals surface area contributed by atoms with Gasteiger partial charge in [0.1, 0.15) is 5.82 Å². The second kappa shape index (κ2) is 6.76. The first kappa shape index (κ1) is 15.6. The Morgan fingerprint density at radius 3 is 2.52 bits per heavy atom. The number of aryl methyl sites for hydroxylation is 3. The largest absolute Gasteiger partial charge is 0.326 e. The number of para-hydroxylation sites is 1. The molecule has 2 aromatic rings. The van der Waals surface area contributed by atoms with Gasteiger partial charge >= 0.3 is 0 Å². The Morgan fingerprint density at radius 1 is 1.19 bits per heavy atom. The molecule has 21 heavy (non-hydrogen) atoms. The molecular formula is C17H26N4. The molecule has 1 aromatic carbocycles. The number of benzene rings is 1. The van der Waals surface area contributed by atoms with Crippen LogP contribution in [-0.2, 0) is 13.6 Å². The third-order valence-corrected chi connectivity index (χ3v) is 3.84. The van der Waals surface area contributed by atoms with Gasteiger partial charge in [-0.05, 0) is 38.9 Å². The fourth-order valence-corrected chi connectivity index (χ4v) is 2.78. The van der Waals surface area contributed by atoms with E-state index in [-0.39, 0.29) is 0 Å². The molecule has 4 nitrogen and oxygen atoms in total. The van der Waals surface area contributed by atoms with Gasteiger partial charge in [-0.3, -0.25) is 4.68 Å². The molecule has 1 N–H and O–H groups in total. The Morgan fingerprint density at radius 2 is 1.90 bits per heavy atom. The molecule has 0 spiro atoms. The molecule has 0 amide bonds. The standard InChI is InChI=1S/C17H26N4/c1-6-18-12-15-14(4)19-20(5)17(15)21(7-2)16-11-9-8-10-13(16)3/h8-11,18H,6-7,12H2,1-5H3. The molecule has 2 rings (SSSR count). The summed E-state index contributed by atoms with van der Waals surface area (Å²) in [5.74, 6) is 1.19. The summed E-state index contributed by atoms with van der Waals surface area (Å²) in [6, 6.07) is 8.52. The van der Waals surface area contributed by atoms with Crippen molar-refractivity contribution in [2.75, 3.05) is 18.0 Å². The summed E-state index contributed by atoms with van der Waals surface area (Å²) in [6.07, 6.45) is 0. The first-order valence-corrected chi connectivity index (χ1v) is 7.66. The summed E-state index contributed by atoms with van der Waals surface area (Å²) < 4.78 is 2.00. The van der Waals surface area contributed by atoms with Gasteiger partial charge in [-0.25, -0.2) is 0 Å². The van der Waals surface area contributed by atoms with E-state index in [4.69, 9.17) is 0 Å². The highest BCUT2D eigenvalue weighted by Gasteiger charge is 2.20. The van der Waals surface area contributed by atoms with Gasteiger partial charge in [-0.15, -0.1) is 0 Å². The molecule has 0 unspecified atom stereocenters. The molecule has 0 bridgehead atoms. The van der Waals surface area contributed by atoms with E-state index >= 15 is 0 Å². The lowest BCUT2D eigenvalue weighted by atomic mass is 10.1. The molecule has 0 saturated heterocycles. The molecule has 0 aliphatic carbocycles. The van der Waals surface area contributed by atoms with E-state index in [1.165, 1.54) is 22.6 Å². The van der Waals surface area contributed by atoms with E-state index in [1.807, 2.05) is 11.7 Å². The van der Waals surface area contributed by atoms with Crippen LogP contribution in [0.4, 0.5) is 11.5 Å². The summed E-state index contributed by atoms with van der Waals surface area (Å²) in [5.41, 5.74) is 4.92. The second-order valence-corrected chi connectivity index (χ2v) is 5.32. The van der Waals surface area contributed by atoms with Crippen molar-refractivity contribution in [3.63, 3.8) is 0 Å². The Kier molecular flexibility index (Phi) is 5.02. The third-order valence-electron chi connectivity index (χ3n) is 3.84. The number of aromatic nitrogens is 2. The van der Waals surface area contributed by atoms with Crippen molar-refractivity contribution in [1.29, 1.82) is 0 Å². The molecule has 0 aliphatic heterocycles. The van der Waals surface area contributed by atoms with Crippen LogP contribution >= 0.6 is 0 Å². The maximum Gasteiger partial charge on any atom is 0.135 e. The van der Waals surface area contributed by atoms with E-state index in [1.54, 1.807) is 0 Å². The lowest BCUT2D eigenvalue weighted by Gasteiger charge is -2.26. The smallest absolute Gasteiger partial charge is 0.135 e. The van der Waals surface area contributed by atoms with Crippen LogP contribution in [-0.4, -0.2) is 22.9 Å². The molecule has 0 fully saturated rings. The highest BCUT2D eigenvalue weighted by Crippen LogP contribution is 2.31. The van der Waals surface area contributed by atoms with Crippen LogP contribution in [0.3, 0.4) is 0 Å². The van der Waals surface area contributed by atoms with Crippen LogP contribution in [0.5, 0.6) is 0 Å². The van der Waals surface area contributed by atoms with Gasteiger partial charge in [0, 0.05) is 31.4 Å². The minimum Gasteiger partial charge on any atom is -0.326 e. The molecule has 0 aliphatic rings. The number of nitrogens with one attached hydrogen (secondary N) is 1. The SMILES string of the molecule is CCNCc1c(C)nn(C)c1N(CC)c1ccccc1C. The zero-order valence-corrected chi connectivity index (χ0v) is 13.8. The van der Waals surface area contributed by atoms with Crippen LogP contribution in [0.25, 0.3) is 0 Å². The van der Waals surface area contributed by atoms with Crippen LogP contribution < -0.4 is 10.2 Å². The molecular weight excluding hydrogens is 260 g/mol. The number of anilines is 2. The predicted octanol–water partition coefficient (Wildman–Crippen LogP) is 3.30. The number of hydrogen-bond acceptors (Lipinski definition) is 3. The van der Waals surface area contributed by atoms with Crippen molar-refractivity contribution >= 4 is 11.5 Å². The third kappa shape index (κ3) is 3.10. The maximum absolute atomic E-state index is 4.62. The monoisotopic (exact) mass is 286 g/mol. The van der Waals surface area contributed by atoms with Gasteiger partial charge in [0.05, 0.1) is 5.69 Å². The first-order chi connectivity index (χ1) is 10.1. The van der Waals surface area contributed by atoms with E-state index < -0.39 is 0 Å². The van der Waals surface area contributed by atoms with Crippen molar-refractivity contribution in [3.8, 4) is 0 Å². The Balaban J connectivity index is 2.50. The summed E-state index contributed by atoms with van der Waals surface area (Å²) in [6.45, 7) is 11.3. The molecule has 0 saturated carbocycles. The zero-order chi connectivity index (χ0) is 15.4. The number of nitrogens with zero attached hydrogens (tertiary/aromatic N) is 3. The van der Waals surface area contributed by atoms with Crippen molar-refractivity contribution in [3.05, 3.63) is 41.1 Å². The maximum atomic E-state index is 4.62. The Hall–Kier alpha value is -1.81. The van der Waals surface area contributed by atoms with E-state index in [0.29, 0.717) is 0 Å². The Bertz CT molecular complexity index is 601. The van der Waals surface area contributed by atoms with Crippen molar-refractivity contribution in [2.24, 2.45) is 7.05 Å². The van der Waals surface area contributed by atoms with Crippen LogP contribution in [0.2, 0.25) is 0 Å². The quantitative estimate of drug-likeness (QED) is 0.884. The average molecular weight is 286 g/mol. The van der Waals surface area contributed by atoms with E-state index in [9.17, 15) is 0 Å². The summed E-state index contributed by atoms with van der Waals surface area (Å²) in [7, 11) is 2.03. The normalized spacial score (nSPS) is 10.9. The zero-order valence-electron chi connectivity index (χ0n) is 13.8. The molecule has 114 valence electrons. The highest BCUT2D eigenvalue weighted by molar-refractivity contribution is 5.67. The lowest BCUT2D eigenvalue weighted by molar-refractivity contribution is 0.717. The molecule has 4 heteroatoms. The van der Waals surface area contributed by atoms with Crippen molar-refractivity contribution in [1.82, 2.24) is 15.1 Å². The predicted molar refractivity (Wildman–Crippen MR) is 89.2 cm³/mol.